The molecule has 0 aromatic heterocycles. The Bertz CT molecular complexity index is 936. The van der Waals surface area contributed by atoms with Crippen molar-refractivity contribution in [3.8, 4) is 5.75 Å². The van der Waals surface area contributed by atoms with Crippen molar-refractivity contribution in [2.24, 2.45) is 11.0 Å². The normalized spacial score (nSPS) is 15.8. The van der Waals surface area contributed by atoms with Crippen LogP contribution in [0.3, 0.4) is 0 Å². The number of carboxylic acids is 1. The van der Waals surface area contributed by atoms with Crippen LogP contribution in [0.2, 0.25) is 10.0 Å². The zero-order valence-corrected chi connectivity index (χ0v) is 15.9. The van der Waals surface area contributed by atoms with Gasteiger partial charge in [0.05, 0.1) is 33.8 Å². The lowest BCUT2D eigenvalue weighted by atomic mass is 9.90. The average molecular weight is 405 g/mol. The summed E-state index contributed by atoms with van der Waals surface area (Å²) in [5, 5.41) is 15.6. The fourth-order valence-corrected chi connectivity index (χ4v) is 3.00. The Morgan fingerprint density at radius 2 is 2.00 bits per heavy atom. The molecule has 0 fully saturated rings. The summed E-state index contributed by atoms with van der Waals surface area (Å²) in [7, 11) is 1.85. The number of carbonyl (C=O) groups is 2. The van der Waals surface area contributed by atoms with Crippen molar-refractivity contribution < 1.29 is 19.4 Å². The van der Waals surface area contributed by atoms with Gasteiger partial charge in [-0.2, -0.15) is 5.10 Å². The minimum absolute atomic E-state index is 0.189. The molecule has 3 rings (SSSR count). The highest BCUT2D eigenvalue weighted by Crippen LogP contribution is 2.30. The summed E-state index contributed by atoms with van der Waals surface area (Å²) in [6, 6.07) is 10.2. The zero-order chi connectivity index (χ0) is 19.6. The molecule has 2 aromatic carbocycles. The van der Waals surface area contributed by atoms with Crippen LogP contribution in [0.1, 0.15) is 10.4 Å². The van der Waals surface area contributed by atoms with Gasteiger partial charge in [-0.1, -0.05) is 40.8 Å². The molecule has 0 spiro atoms. The molecule has 27 heavy (non-hydrogen) atoms. The average Bonchev–Trinajstić information content (AvgIpc) is 3.12. The van der Waals surface area contributed by atoms with E-state index in [2.05, 4.69) is 5.10 Å². The van der Waals surface area contributed by atoms with Gasteiger partial charge < -0.3 is 9.84 Å². The van der Waals surface area contributed by atoms with E-state index in [1.807, 2.05) is 7.85 Å². The Morgan fingerprint density at radius 1 is 1.22 bits per heavy atom. The van der Waals surface area contributed by atoms with E-state index < -0.39 is 18.5 Å². The first-order chi connectivity index (χ1) is 12.8. The summed E-state index contributed by atoms with van der Waals surface area (Å²) in [4.78, 5) is 23.7. The first-order valence-corrected chi connectivity index (χ1v) is 8.87. The predicted molar refractivity (Wildman–Crippen MR) is 108 cm³/mol. The van der Waals surface area contributed by atoms with Gasteiger partial charge in [-0.15, -0.1) is 0 Å². The van der Waals surface area contributed by atoms with Gasteiger partial charge in [-0.05, 0) is 24.3 Å². The van der Waals surface area contributed by atoms with Crippen LogP contribution < -0.4 is 15.2 Å². The maximum absolute atomic E-state index is 13.0. The van der Waals surface area contributed by atoms with Gasteiger partial charge in [0.2, 0.25) is 0 Å². The molecule has 0 aliphatic carbocycles. The predicted octanol–water partition coefficient (Wildman–Crippen LogP) is 2.02. The van der Waals surface area contributed by atoms with Crippen molar-refractivity contribution in [2.45, 2.75) is 0 Å². The first-order valence-electron chi connectivity index (χ1n) is 8.11. The molecule has 0 bridgehead atoms. The molecule has 1 unspecified atom stereocenters. The summed E-state index contributed by atoms with van der Waals surface area (Å²) in [6.45, 7) is -0.180. The van der Waals surface area contributed by atoms with E-state index >= 15 is 0 Å². The smallest absolute Gasteiger partial charge is 0.341 e. The number of carbonyl (C=O) groups excluding carboxylic acids is 1. The van der Waals surface area contributed by atoms with Gasteiger partial charge in [0.15, 0.2) is 12.4 Å². The third-order valence-corrected chi connectivity index (χ3v) is 4.78. The number of ketones is 1. The first kappa shape index (κ1) is 19.3. The van der Waals surface area contributed by atoms with Crippen LogP contribution in [0.4, 0.5) is 5.69 Å². The number of ether oxygens (including phenoxy) is 1. The molecule has 1 aliphatic heterocycles. The zero-order valence-electron chi connectivity index (χ0n) is 14.4. The molecule has 0 amide bonds. The number of aliphatic carboxylic acids is 1. The molecule has 1 atom stereocenters. The molecule has 0 saturated heterocycles. The van der Waals surface area contributed by atoms with Crippen LogP contribution in [0.5, 0.6) is 5.75 Å². The van der Waals surface area contributed by atoms with Crippen LogP contribution in [-0.2, 0) is 4.79 Å². The fraction of sp³-hybridized carbons (Fsp3) is 0.167. The number of nitrogens with zero attached hydrogens (tertiary/aromatic N) is 2. The summed E-state index contributed by atoms with van der Waals surface area (Å²) < 4.78 is 5.26. The number of halogens is 2. The number of hydrogen-bond acceptors (Lipinski definition) is 5. The molecule has 0 saturated carbocycles. The maximum atomic E-state index is 13.0. The van der Waals surface area contributed by atoms with E-state index in [1.165, 1.54) is 0 Å². The number of Topliss-reactive ketones (excluding diaryl/α,β-unsaturated/α-hetero) is 1. The van der Waals surface area contributed by atoms with E-state index in [0.29, 0.717) is 22.2 Å². The van der Waals surface area contributed by atoms with Gasteiger partial charge in [0.25, 0.3) is 0 Å². The summed E-state index contributed by atoms with van der Waals surface area (Å²) in [5.74, 6) is -1.55. The quantitative estimate of drug-likeness (QED) is 0.588. The molecule has 2 aromatic rings. The second-order valence-corrected chi connectivity index (χ2v) is 6.91. The van der Waals surface area contributed by atoms with E-state index in [0.717, 1.165) is 11.2 Å². The topological polar surface area (TPSA) is 79.2 Å². The molecule has 1 N–H and O–H groups in total. The van der Waals surface area contributed by atoms with Gasteiger partial charge in [-0.25, -0.2) is 4.79 Å². The third-order valence-electron chi connectivity index (χ3n) is 4.05. The van der Waals surface area contributed by atoms with E-state index in [1.54, 1.807) is 47.6 Å². The third kappa shape index (κ3) is 4.43. The van der Waals surface area contributed by atoms with Crippen molar-refractivity contribution in [3.05, 3.63) is 52.0 Å². The van der Waals surface area contributed by atoms with Gasteiger partial charge in [0, 0.05) is 6.21 Å². The number of benzene rings is 2. The van der Waals surface area contributed by atoms with E-state index in [4.69, 9.17) is 33.0 Å². The number of rotatable bonds is 6. The highest BCUT2D eigenvalue weighted by atomic mass is 35.5. The van der Waals surface area contributed by atoms with Gasteiger partial charge in [-0.3, -0.25) is 9.80 Å². The van der Waals surface area contributed by atoms with Gasteiger partial charge >= 0.3 is 5.97 Å². The van der Waals surface area contributed by atoms with Crippen molar-refractivity contribution in [1.29, 1.82) is 0 Å². The van der Waals surface area contributed by atoms with Crippen LogP contribution in [-0.4, -0.2) is 44.1 Å². The Labute approximate surface area is 166 Å². The van der Waals surface area contributed by atoms with Crippen LogP contribution in [0, 0.1) is 5.92 Å². The fourth-order valence-electron chi connectivity index (χ4n) is 2.71. The van der Waals surface area contributed by atoms with E-state index in [9.17, 15) is 9.59 Å². The van der Waals surface area contributed by atoms with Crippen molar-refractivity contribution in [1.82, 2.24) is 0 Å². The molecule has 9 heteroatoms. The Hall–Kier alpha value is -2.51. The number of hydrogen-bond donors (Lipinski definition) is 1. The summed E-state index contributed by atoms with van der Waals surface area (Å²) in [5.41, 5.74) is 1.93. The lowest BCUT2D eigenvalue weighted by molar-refractivity contribution is -0.139. The van der Waals surface area contributed by atoms with Gasteiger partial charge in [0.1, 0.15) is 13.6 Å². The van der Waals surface area contributed by atoms with Crippen LogP contribution in [0.15, 0.2) is 41.5 Å². The lowest BCUT2D eigenvalue weighted by Crippen LogP contribution is -2.25. The molecule has 1 heterocycles. The minimum Gasteiger partial charge on any atom is -0.481 e. The van der Waals surface area contributed by atoms with Crippen LogP contribution >= 0.6 is 23.2 Å². The molecule has 1 aliphatic rings. The highest BCUT2D eigenvalue weighted by molar-refractivity contribution is 6.42. The molecular formula is C18H15BCl2N2O4. The largest absolute Gasteiger partial charge is 0.481 e. The number of hydrazone groups is 1. The lowest BCUT2D eigenvalue weighted by Gasteiger charge is -2.17. The van der Waals surface area contributed by atoms with Crippen molar-refractivity contribution >= 4 is 60.2 Å². The summed E-state index contributed by atoms with van der Waals surface area (Å²) in [6.07, 6.45) is 1.56. The Kier molecular flexibility index (Phi) is 5.72. The SMILES string of the molecule is Bc1ccc(OCC(=O)O)c(C(=O)C2C=NN(c3ccc(Cl)c(Cl)c3)C2)c1. The highest BCUT2D eigenvalue weighted by Gasteiger charge is 2.28. The van der Waals surface area contributed by atoms with Crippen LogP contribution in [0.25, 0.3) is 0 Å². The van der Waals surface area contributed by atoms with E-state index in [-0.39, 0.29) is 11.5 Å². The number of carboxylic acid groups (broad SMARTS) is 1. The monoisotopic (exact) mass is 404 g/mol. The maximum Gasteiger partial charge on any atom is 0.341 e. The van der Waals surface area contributed by atoms with Crippen molar-refractivity contribution in [3.63, 3.8) is 0 Å². The Morgan fingerprint density at radius 3 is 2.70 bits per heavy atom. The molecule has 0 radical (unpaired) electrons. The van der Waals surface area contributed by atoms with Crippen molar-refractivity contribution in [2.75, 3.05) is 18.2 Å². The number of anilines is 1. The molecular weight excluding hydrogens is 390 g/mol. The minimum atomic E-state index is -1.11. The molecule has 138 valence electrons. The second-order valence-electron chi connectivity index (χ2n) is 6.10. The summed E-state index contributed by atoms with van der Waals surface area (Å²) >= 11 is 12.0. The Balaban J connectivity index is 1.79. The standard InChI is InChI=1S/C18H15BCl2N2O4/c19-11-1-4-16(27-9-17(24)25)13(5-11)18(26)10-7-22-23(8-10)12-2-3-14(20)15(21)6-12/h1-7,10H,8-9,19H2,(H,24,25). The second kappa shape index (κ2) is 8.02. The molecule has 6 nitrogen and oxygen atoms in total.